The van der Waals surface area contributed by atoms with E-state index in [1.165, 1.54) is 32.1 Å². The van der Waals surface area contributed by atoms with Gasteiger partial charge in [0.25, 0.3) is 0 Å². The first-order valence-corrected chi connectivity index (χ1v) is 8.28. The van der Waals surface area contributed by atoms with Gasteiger partial charge in [0, 0.05) is 6.54 Å². The van der Waals surface area contributed by atoms with Crippen molar-refractivity contribution in [3.05, 3.63) is 24.0 Å². The van der Waals surface area contributed by atoms with Crippen LogP contribution < -0.4 is 4.74 Å². The topological polar surface area (TPSA) is 27.1 Å². The standard InChI is InChI=1S/C17H23ClN2O/c1-17(9-4-3-5-10-17)12-20-13-7-6-8-14(21-2)16(13)19-15(20)11-18/h6-8H,3-5,9-12H2,1-2H3. The van der Waals surface area contributed by atoms with Crippen LogP contribution in [0.2, 0.25) is 0 Å². The summed E-state index contributed by atoms with van der Waals surface area (Å²) in [6, 6.07) is 6.10. The van der Waals surface area contributed by atoms with E-state index >= 15 is 0 Å². The number of benzene rings is 1. The van der Waals surface area contributed by atoms with Gasteiger partial charge in [0.2, 0.25) is 0 Å². The number of nitrogens with zero attached hydrogens (tertiary/aromatic N) is 2. The molecule has 0 bridgehead atoms. The van der Waals surface area contributed by atoms with Crippen LogP contribution in [-0.4, -0.2) is 16.7 Å². The highest BCUT2D eigenvalue weighted by molar-refractivity contribution is 6.16. The summed E-state index contributed by atoms with van der Waals surface area (Å²) in [5.74, 6) is 2.21. The first kappa shape index (κ1) is 14.7. The Hall–Kier alpha value is -1.22. The summed E-state index contributed by atoms with van der Waals surface area (Å²) in [5, 5.41) is 0. The Morgan fingerprint density at radius 3 is 2.71 bits per heavy atom. The third-order valence-corrected chi connectivity index (χ3v) is 5.00. The van der Waals surface area contributed by atoms with Crippen LogP contribution in [0.4, 0.5) is 0 Å². The van der Waals surface area contributed by atoms with Crippen LogP contribution in [0.15, 0.2) is 18.2 Å². The highest BCUT2D eigenvalue weighted by Gasteiger charge is 2.29. The second-order valence-corrected chi connectivity index (χ2v) is 6.71. The predicted molar refractivity (Wildman–Crippen MR) is 87.0 cm³/mol. The Bertz CT molecular complexity index is 629. The molecule has 1 aromatic carbocycles. The Labute approximate surface area is 131 Å². The van der Waals surface area contributed by atoms with Gasteiger partial charge < -0.3 is 9.30 Å². The Morgan fingerprint density at radius 1 is 1.29 bits per heavy atom. The second-order valence-electron chi connectivity index (χ2n) is 6.45. The van der Waals surface area contributed by atoms with Crippen molar-refractivity contribution in [1.29, 1.82) is 0 Å². The zero-order valence-corrected chi connectivity index (χ0v) is 13.6. The maximum Gasteiger partial charge on any atom is 0.146 e. The number of alkyl halides is 1. The van der Waals surface area contributed by atoms with Crippen LogP contribution >= 0.6 is 11.6 Å². The largest absolute Gasteiger partial charge is 0.494 e. The Balaban J connectivity index is 2.04. The van der Waals surface area contributed by atoms with Crippen molar-refractivity contribution in [3.63, 3.8) is 0 Å². The second kappa shape index (κ2) is 5.88. The van der Waals surface area contributed by atoms with Crippen LogP contribution in [0.1, 0.15) is 44.9 Å². The number of hydrogen-bond acceptors (Lipinski definition) is 2. The fraction of sp³-hybridized carbons (Fsp3) is 0.588. The van der Waals surface area contributed by atoms with Crippen LogP contribution in [-0.2, 0) is 12.4 Å². The highest BCUT2D eigenvalue weighted by atomic mass is 35.5. The zero-order chi connectivity index (χ0) is 14.9. The summed E-state index contributed by atoms with van der Waals surface area (Å²) in [7, 11) is 1.69. The van der Waals surface area contributed by atoms with Gasteiger partial charge in [0.1, 0.15) is 17.1 Å². The van der Waals surface area contributed by atoms with Crippen molar-refractivity contribution in [2.45, 2.75) is 51.5 Å². The molecular weight excluding hydrogens is 284 g/mol. The van der Waals surface area contributed by atoms with Crippen molar-refractivity contribution < 1.29 is 4.74 Å². The van der Waals surface area contributed by atoms with Gasteiger partial charge >= 0.3 is 0 Å². The average molecular weight is 307 g/mol. The highest BCUT2D eigenvalue weighted by Crippen LogP contribution is 2.39. The average Bonchev–Trinajstić information content (AvgIpc) is 2.85. The van der Waals surface area contributed by atoms with Gasteiger partial charge in [-0.15, -0.1) is 11.6 Å². The predicted octanol–water partition coefficient (Wildman–Crippen LogP) is 4.75. The molecule has 4 heteroatoms. The first-order chi connectivity index (χ1) is 10.2. The van der Waals surface area contributed by atoms with E-state index in [0.29, 0.717) is 11.3 Å². The summed E-state index contributed by atoms with van der Waals surface area (Å²) in [4.78, 5) is 4.70. The minimum atomic E-state index is 0.357. The van der Waals surface area contributed by atoms with E-state index in [0.717, 1.165) is 29.2 Å². The smallest absolute Gasteiger partial charge is 0.146 e. The van der Waals surface area contributed by atoms with E-state index in [4.69, 9.17) is 21.3 Å². The van der Waals surface area contributed by atoms with Gasteiger partial charge in [-0.2, -0.15) is 0 Å². The van der Waals surface area contributed by atoms with Gasteiger partial charge in [0.15, 0.2) is 0 Å². The molecule has 0 aliphatic heterocycles. The first-order valence-electron chi connectivity index (χ1n) is 7.75. The molecule has 0 N–H and O–H groups in total. The third-order valence-electron chi connectivity index (χ3n) is 4.76. The molecule has 3 rings (SSSR count). The SMILES string of the molecule is COc1cccc2c1nc(CCl)n2CC1(C)CCCCC1. The van der Waals surface area contributed by atoms with Crippen LogP contribution in [0.5, 0.6) is 5.75 Å². The van der Waals surface area contributed by atoms with Crippen LogP contribution in [0.25, 0.3) is 11.0 Å². The van der Waals surface area contributed by atoms with E-state index in [9.17, 15) is 0 Å². The van der Waals surface area contributed by atoms with Crippen molar-refractivity contribution >= 4 is 22.6 Å². The van der Waals surface area contributed by atoms with Gasteiger partial charge in [-0.05, 0) is 30.4 Å². The zero-order valence-electron chi connectivity index (χ0n) is 12.9. The number of aromatic nitrogens is 2. The maximum absolute atomic E-state index is 6.14. The summed E-state index contributed by atoms with van der Waals surface area (Å²) < 4.78 is 7.74. The molecule has 0 saturated heterocycles. The quantitative estimate of drug-likeness (QED) is 0.762. The molecule has 1 aliphatic carbocycles. The van der Waals surface area contributed by atoms with E-state index in [1.54, 1.807) is 7.11 Å². The Kier molecular flexibility index (Phi) is 4.12. The molecule has 1 fully saturated rings. The number of imidazole rings is 1. The van der Waals surface area contributed by atoms with E-state index < -0.39 is 0 Å². The lowest BCUT2D eigenvalue weighted by Crippen LogP contribution is -2.26. The molecule has 1 saturated carbocycles. The molecule has 3 nitrogen and oxygen atoms in total. The lowest BCUT2D eigenvalue weighted by atomic mass is 9.75. The Morgan fingerprint density at radius 2 is 2.05 bits per heavy atom. The fourth-order valence-corrected chi connectivity index (χ4v) is 3.76. The number of fused-ring (bicyclic) bond motifs is 1. The molecular formula is C17H23ClN2O. The number of rotatable bonds is 4. The van der Waals surface area contributed by atoms with Gasteiger partial charge in [0.05, 0.1) is 18.5 Å². The lowest BCUT2D eigenvalue weighted by Gasteiger charge is -2.34. The molecule has 0 spiro atoms. The van der Waals surface area contributed by atoms with Gasteiger partial charge in [-0.1, -0.05) is 32.3 Å². The van der Waals surface area contributed by atoms with Gasteiger partial charge in [-0.3, -0.25) is 0 Å². The molecule has 0 radical (unpaired) electrons. The summed E-state index contributed by atoms with van der Waals surface area (Å²) >= 11 is 6.14. The summed E-state index contributed by atoms with van der Waals surface area (Å²) in [6.45, 7) is 3.40. The van der Waals surface area contributed by atoms with E-state index in [2.05, 4.69) is 17.6 Å². The number of para-hydroxylation sites is 1. The minimum absolute atomic E-state index is 0.357. The van der Waals surface area contributed by atoms with Crippen molar-refractivity contribution in [3.8, 4) is 5.75 Å². The van der Waals surface area contributed by atoms with Gasteiger partial charge in [-0.25, -0.2) is 4.98 Å². The molecule has 2 aromatic rings. The number of methoxy groups -OCH3 is 1. The van der Waals surface area contributed by atoms with Crippen molar-refractivity contribution in [2.24, 2.45) is 5.41 Å². The number of hydrogen-bond donors (Lipinski definition) is 0. The van der Waals surface area contributed by atoms with Crippen molar-refractivity contribution in [1.82, 2.24) is 9.55 Å². The molecule has 0 amide bonds. The van der Waals surface area contributed by atoms with Crippen LogP contribution in [0.3, 0.4) is 0 Å². The van der Waals surface area contributed by atoms with E-state index in [-0.39, 0.29) is 0 Å². The number of ether oxygens (including phenoxy) is 1. The third kappa shape index (κ3) is 2.76. The van der Waals surface area contributed by atoms with Crippen LogP contribution in [0, 0.1) is 5.41 Å². The van der Waals surface area contributed by atoms with E-state index in [1.807, 2.05) is 12.1 Å². The lowest BCUT2D eigenvalue weighted by molar-refractivity contribution is 0.184. The van der Waals surface area contributed by atoms with Crippen molar-refractivity contribution in [2.75, 3.05) is 7.11 Å². The molecule has 21 heavy (non-hydrogen) atoms. The molecule has 114 valence electrons. The fourth-order valence-electron chi connectivity index (χ4n) is 3.56. The molecule has 0 unspecified atom stereocenters. The maximum atomic E-state index is 6.14. The normalized spacial score (nSPS) is 18.0. The molecule has 1 aliphatic rings. The molecule has 0 atom stereocenters. The molecule has 1 heterocycles. The monoisotopic (exact) mass is 306 g/mol. The summed E-state index contributed by atoms with van der Waals surface area (Å²) in [5.41, 5.74) is 2.42. The summed E-state index contributed by atoms with van der Waals surface area (Å²) in [6.07, 6.45) is 6.62. The minimum Gasteiger partial charge on any atom is -0.494 e. The number of halogens is 1. The molecule has 1 aromatic heterocycles.